The second kappa shape index (κ2) is 5.39. The number of rotatable bonds is 3. The van der Waals surface area contributed by atoms with Gasteiger partial charge in [-0.2, -0.15) is 0 Å². The summed E-state index contributed by atoms with van der Waals surface area (Å²) >= 11 is 12.4. The summed E-state index contributed by atoms with van der Waals surface area (Å²) in [6.07, 6.45) is 0. The second-order valence-corrected chi connectivity index (χ2v) is 6.30. The Morgan fingerprint density at radius 1 is 1.19 bits per heavy atom. The zero-order chi connectivity index (χ0) is 15.1. The van der Waals surface area contributed by atoms with Gasteiger partial charge in [-0.15, -0.1) is 11.6 Å². The van der Waals surface area contributed by atoms with E-state index in [1.54, 1.807) is 0 Å². The Hall–Kier alpha value is -1.45. The van der Waals surface area contributed by atoms with E-state index in [0.29, 0.717) is 5.02 Å². The van der Waals surface area contributed by atoms with Gasteiger partial charge < -0.3 is 8.98 Å². The van der Waals surface area contributed by atoms with Crippen molar-refractivity contribution in [2.24, 2.45) is 0 Å². The fourth-order valence-corrected chi connectivity index (χ4v) is 2.90. The number of benzene rings is 1. The molecule has 3 aromatic rings. The van der Waals surface area contributed by atoms with Crippen LogP contribution in [0.1, 0.15) is 42.6 Å². The Morgan fingerprint density at radius 3 is 2.57 bits per heavy atom. The van der Waals surface area contributed by atoms with Crippen LogP contribution in [0.3, 0.4) is 0 Å². The molecule has 2 unspecified atom stereocenters. The Morgan fingerprint density at radius 2 is 1.95 bits per heavy atom. The van der Waals surface area contributed by atoms with Gasteiger partial charge in [0.25, 0.3) is 0 Å². The summed E-state index contributed by atoms with van der Waals surface area (Å²) in [5.41, 5.74) is 1.85. The van der Waals surface area contributed by atoms with Crippen molar-refractivity contribution >= 4 is 34.2 Å². The number of imidazole rings is 1. The predicted octanol–water partition coefficient (Wildman–Crippen LogP) is 5.50. The van der Waals surface area contributed by atoms with E-state index >= 15 is 0 Å². The zero-order valence-corrected chi connectivity index (χ0v) is 13.6. The molecule has 21 heavy (non-hydrogen) atoms. The molecule has 2 aromatic heterocycles. The van der Waals surface area contributed by atoms with Crippen LogP contribution in [-0.2, 0) is 0 Å². The monoisotopic (exact) mass is 322 g/mol. The Bertz CT molecular complexity index is 789. The molecule has 110 valence electrons. The van der Waals surface area contributed by atoms with Gasteiger partial charge >= 0.3 is 0 Å². The topological polar surface area (TPSA) is 31.0 Å². The molecular weight excluding hydrogens is 307 g/mol. The highest BCUT2D eigenvalue weighted by atomic mass is 35.5. The minimum atomic E-state index is -0.199. The summed E-state index contributed by atoms with van der Waals surface area (Å²) in [7, 11) is 0. The number of hydrogen-bond acceptors (Lipinski definition) is 2. The smallest absolute Gasteiger partial charge is 0.128 e. The molecule has 0 aliphatic carbocycles. The quantitative estimate of drug-likeness (QED) is 0.596. The zero-order valence-electron chi connectivity index (χ0n) is 12.1. The first-order valence-corrected chi connectivity index (χ1v) is 7.66. The van der Waals surface area contributed by atoms with Crippen LogP contribution in [0.15, 0.2) is 34.7 Å². The van der Waals surface area contributed by atoms with Crippen molar-refractivity contribution in [2.75, 3.05) is 0 Å². The first kappa shape index (κ1) is 14.5. The van der Waals surface area contributed by atoms with Crippen LogP contribution in [0.4, 0.5) is 0 Å². The van der Waals surface area contributed by atoms with Crippen molar-refractivity contribution in [2.45, 2.75) is 32.2 Å². The first-order valence-electron chi connectivity index (χ1n) is 6.85. The predicted molar refractivity (Wildman–Crippen MR) is 86.3 cm³/mol. The van der Waals surface area contributed by atoms with Crippen molar-refractivity contribution in [1.29, 1.82) is 0 Å². The molecule has 0 aliphatic rings. The van der Waals surface area contributed by atoms with Crippen LogP contribution in [0, 0.1) is 6.92 Å². The number of aromatic nitrogens is 2. The molecule has 3 nitrogen and oxygen atoms in total. The summed E-state index contributed by atoms with van der Waals surface area (Å²) in [5, 5.41) is 0.481. The lowest BCUT2D eigenvalue weighted by molar-refractivity contribution is 0.427. The minimum absolute atomic E-state index is 0.00151. The fraction of sp³-hybridized carbons (Fsp3) is 0.312. The van der Waals surface area contributed by atoms with Crippen LogP contribution in [0.2, 0.25) is 5.02 Å². The van der Waals surface area contributed by atoms with Gasteiger partial charge in [-0.1, -0.05) is 11.6 Å². The molecule has 2 atom stereocenters. The van der Waals surface area contributed by atoms with Gasteiger partial charge in [-0.05, 0) is 51.1 Å². The maximum Gasteiger partial charge on any atom is 0.128 e. The number of aryl methyl sites for hydroxylation is 1. The summed E-state index contributed by atoms with van der Waals surface area (Å²) in [4.78, 5) is 4.64. The highest BCUT2D eigenvalue weighted by molar-refractivity contribution is 6.31. The molecule has 0 N–H and O–H groups in total. The maximum atomic E-state index is 6.31. The molecule has 0 saturated heterocycles. The molecule has 5 heteroatoms. The number of hydrogen-bond donors (Lipinski definition) is 0. The third kappa shape index (κ3) is 2.56. The van der Waals surface area contributed by atoms with Gasteiger partial charge in [0.2, 0.25) is 0 Å². The third-order valence-electron chi connectivity index (χ3n) is 3.59. The van der Waals surface area contributed by atoms with E-state index in [9.17, 15) is 0 Å². The van der Waals surface area contributed by atoms with Crippen molar-refractivity contribution in [1.82, 2.24) is 9.55 Å². The van der Waals surface area contributed by atoms with Crippen molar-refractivity contribution in [3.05, 3.63) is 52.7 Å². The van der Waals surface area contributed by atoms with E-state index in [-0.39, 0.29) is 11.4 Å². The van der Waals surface area contributed by atoms with Crippen molar-refractivity contribution in [3.8, 4) is 0 Å². The fourth-order valence-electron chi connectivity index (χ4n) is 2.58. The number of nitrogens with zero attached hydrogens (tertiary/aromatic N) is 2. The van der Waals surface area contributed by atoms with E-state index in [0.717, 1.165) is 28.4 Å². The van der Waals surface area contributed by atoms with E-state index in [2.05, 4.69) is 16.5 Å². The number of halogens is 2. The molecule has 0 amide bonds. The number of furan rings is 1. The minimum Gasteiger partial charge on any atom is -0.464 e. The average molecular weight is 323 g/mol. The van der Waals surface area contributed by atoms with Crippen molar-refractivity contribution < 1.29 is 4.42 Å². The molecule has 2 heterocycles. The largest absolute Gasteiger partial charge is 0.464 e. The SMILES string of the molecule is Cc1ccc(C(C)n2c(C(C)Cl)nc3ccc(Cl)cc32)o1. The Labute approximate surface area is 133 Å². The molecule has 0 fully saturated rings. The van der Waals surface area contributed by atoms with Crippen molar-refractivity contribution in [3.63, 3.8) is 0 Å². The molecule has 0 radical (unpaired) electrons. The maximum absolute atomic E-state index is 6.31. The first-order chi connectivity index (χ1) is 9.97. The third-order valence-corrected chi connectivity index (χ3v) is 4.03. The lowest BCUT2D eigenvalue weighted by Crippen LogP contribution is -2.10. The van der Waals surface area contributed by atoms with Gasteiger partial charge in [0.05, 0.1) is 22.5 Å². The number of fused-ring (bicyclic) bond motifs is 1. The molecule has 3 rings (SSSR count). The number of alkyl halides is 1. The normalized spacial score (nSPS) is 14.5. The van der Waals surface area contributed by atoms with Gasteiger partial charge in [0.1, 0.15) is 17.3 Å². The summed E-state index contributed by atoms with van der Waals surface area (Å²) in [6, 6.07) is 9.61. The van der Waals surface area contributed by atoms with Gasteiger partial charge in [-0.25, -0.2) is 4.98 Å². The van der Waals surface area contributed by atoms with Gasteiger partial charge in [0, 0.05) is 5.02 Å². The van der Waals surface area contributed by atoms with E-state index < -0.39 is 0 Å². The highest BCUT2D eigenvalue weighted by Crippen LogP contribution is 2.32. The Balaban J connectivity index is 2.23. The standard InChI is InChI=1S/C16H16Cl2N2O/c1-9-4-7-15(21-9)11(3)20-14-8-12(18)5-6-13(14)19-16(20)10(2)17/h4-8,10-11H,1-3H3. The summed E-state index contributed by atoms with van der Waals surface area (Å²) in [5.74, 6) is 2.58. The van der Waals surface area contributed by atoms with Crippen LogP contribution in [-0.4, -0.2) is 9.55 Å². The lowest BCUT2D eigenvalue weighted by Gasteiger charge is -2.16. The van der Waals surface area contributed by atoms with E-state index in [1.807, 2.05) is 44.2 Å². The molecule has 0 bridgehead atoms. The van der Waals surface area contributed by atoms with Crippen LogP contribution in [0.5, 0.6) is 0 Å². The summed E-state index contributed by atoms with van der Waals surface area (Å²) < 4.78 is 7.85. The summed E-state index contributed by atoms with van der Waals surface area (Å²) in [6.45, 7) is 5.92. The second-order valence-electron chi connectivity index (χ2n) is 5.21. The molecule has 1 aromatic carbocycles. The van der Waals surface area contributed by atoms with Crippen LogP contribution >= 0.6 is 23.2 Å². The lowest BCUT2D eigenvalue weighted by atomic mass is 10.2. The van der Waals surface area contributed by atoms with Gasteiger partial charge in [-0.3, -0.25) is 0 Å². The van der Waals surface area contributed by atoms with Crippen LogP contribution < -0.4 is 0 Å². The molecular formula is C16H16Cl2N2O. The molecule has 0 spiro atoms. The van der Waals surface area contributed by atoms with Crippen LogP contribution in [0.25, 0.3) is 11.0 Å². The Kier molecular flexibility index (Phi) is 3.72. The highest BCUT2D eigenvalue weighted by Gasteiger charge is 2.22. The molecule has 0 saturated carbocycles. The van der Waals surface area contributed by atoms with E-state index in [1.165, 1.54) is 0 Å². The average Bonchev–Trinajstić information content (AvgIpc) is 3.01. The van der Waals surface area contributed by atoms with Gasteiger partial charge in [0.15, 0.2) is 0 Å². The van der Waals surface area contributed by atoms with E-state index in [4.69, 9.17) is 27.6 Å². The molecule has 0 aliphatic heterocycles.